The van der Waals surface area contributed by atoms with E-state index in [1.807, 2.05) is 54.6 Å². The minimum Gasteiger partial charge on any atom is -0.456 e. The van der Waals surface area contributed by atoms with Crippen LogP contribution < -0.4 is 0 Å². The molecule has 0 aliphatic carbocycles. The maximum Gasteiger partial charge on any atom is 0.167 e. The van der Waals surface area contributed by atoms with Gasteiger partial charge in [0.1, 0.15) is 33.5 Å². The van der Waals surface area contributed by atoms with E-state index in [1.165, 1.54) is 0 Å². The zero-order valence-electron chi connectivity index (χ0n) is 31.3. The molecule has 0 spiro atoms. The van der Waals surface area contributed by atoms with E-state index in [1.54, 1.807) is 0 Å². The van der Waals surface area contributed by atoms with Crippen molar-refractivity contribution in [3.8, 4) is 45.3 Å². The lowest BCUT2D eigenvalue weighted by atomic mass is 9.94. The van der Waals surface area contributed by atoms with Crippen molar-refractivity contribution in [2.75, 3.05) is 0 Å². The smallest absolute Gasteiger partial charge is 0.167 e. The monoisotopic (exact) mass is 755 g/mol. The highest BCUT2D eigenvalue weighted by Crippen LogP contribution is 2.46. The number of benzene rings is 9. The minimum absolute atomic E-state index is 0.523. The number of hydrogen-bond acceptors (Lipinski definition) is 6. The van der Waals surface area contributed by atoms with Gasteiger partial charge in [0.05, 0.1) is 5.56 Å². The van der Waals surface area contributed by atoms with Gasteiger partial charge in [-0.1, -0.05) is 121 Å². The maximum absolute atomic E-state index is 6.86. The first-order chi connectivity index (χ1) is 29.2. The van der Waals surface area contributed by atoms with Gasteiger partial charge in [0.25, 0.3) is 0 Å². The number of rotatable bonds is 4. The summed E-state index contributed by atoms with van der Waals surface area (Å²) in [6, 6.07) is 60.4. The number of nitrogens with zero attached hydrogens (tertiary/aromatic N) is 3. The fourth-order valence-corrected chi connectivity index (χ4v) is 8.96. The summed E-state index contributed by atoms with van der Waals surface area (Å²) >= 11 is 0. The van der Waals surface area contributed by atoms with Crippen LogP contribution >= 0.6 is 0 Å². The Morgan fingerprint density at radius 3 is 1.73 bits per heavy atom. The van der Waals surface area contributed by atoms with E-state index in [-0.39, 0.29) is 0 Å². The van der Waals surface area contributed by atoms with Crippen molar-refractivity contribution in [3.05, 3.63) is 176 Å². The highest BCUT2D eigenvalue weighted by molar-refractivity contribution is 6.21. The summed E-state index contributed by atoms with van der Waals surface area (Å²) in [7, 11) is 0. The van der Waals surface area contributed by atoms with Crippen molar-refractivity contribution in [1.29, 1.82) is 0 Å². The van der Waals surface area contributed by atoms with Gasteiger partial charge >= 0.3 is 0 Å². The average molecular weight is 756 g/mol. The van der Waals surface area contributed by atoms with Crippen LogP contribution in [0.15, 0.2) is 189 Å². The summed E-state index contributed by atoms with van der Waals surface area (Å²) in [5, 5.41) is 10.6. The van der Waals surface area contributed by atoms with Crippen LogP contribution in [0.3, 0.4) is 0 Å². The van der Waals surface area contributed by atoms with Gasteiger partial charge < -0.3 is 13.3 Å². The molecule has 0 atom stereocenters. The van der Waals surface area contributed by atoms with Crippen molar-refractivity contribution in [3.63, 3.8) is 0 Å². The molecule has 0 saturated heterocycles. The van der Waals surface area contributed by atoms with E-state index < -0.39 is 0 Å². The predicted octanol–water partition coefficient (Wildman–Crippen LogP) is 14.5. The second-order valence-electron chi connectivity index (χ2n) is 15.1. The fourth-order valence-electron chi connectivity index (χ4n) is 8.96. The zero-order chi connectivity index (χ0) is 38.6. The molecule has 4 heterocycles. The second-order valence-corrected chi connectivity index (χ2v) is 15.1. The molecular weight excluding hydrogens is 727 g/mol. The fraction of sp³-hybridized carbons (Fsp3) is 0. The molecule has 13 rings (SSSR count). The molecule has 13 aromatic rings. The van der Waals surface area contributed by atoms with Crippen LogP contribution in [0.5, 0.6) is 0 Å². The standard InChI is InChI=1S/C53H29N3O3/c1-2-12-31-27-34(24-23-30(31)11-1)51-54-52(56-53(55-51)41-19-9-18-37-35-15-5-7-20-43(35)58-49(37)41)40-26-25-38(50-48(40)39-16-6-8-21-44(39)59-50)36-17-10-22-45-47(36)42-28-32-13-3-4-14-33(32)29-46(42)57-45/h1-29H. The van der Waals surface area contributed by atoms with Crippen LogP contribution in [0.4, 0.5) is 0 Å². The first kappa shape index (κ1) is 32.0. The summed E-state index contributed by atoms with van der Waals surface area (Å²) in [5.41, 5.74) is 9.25. The molecule has 0 amide bonds. The third-order valence-corrected chi connectivity index (χ3v) is 11.7. The Hall–Kier alpha value is -8.09. The molecule has 0 saturated carbocycles. The van der Waals surface area contributed by atoms with Gasteiger partial charge in [0, 0.05) is 49.0 Å². The van der Waals surface area contributed by atoms with Crippen LogP contribution in [0.2, 0.25) is 0 Å². The highest BCUT2D eigenvalue weighted by Gasteiger charge is 2.24. The van der Waals surface area contributed by atoms with Gasteiger partial charge in [0.2, 0.25) is 0 Å². The van der Waals surface area contributed by atoms with Crippen LogP contribution in [0, 0.1) is 0 Å². The zero-order valence-corrected chi connectivity index (χ0v) is 31.3. The van der Waals surface area contributed by atoms with Crippen LogP contribution in [-0.2, 0) is 0 Å². The van der Waals surface area contributed by atoms with Gasteiger partial charge in [-0.2, -0.15) is 0 Å². The highest BCUT2D eigenvalue weighted by atomic mass is 16.3. The molecule has 4 aromatic heterocycles. The van der Waals surface area contributed by atoms with E-state index in [2.05, 4.69) is 121 Å². The Bertz CT molecular complexity index is 3870. The number of furan rings is 3. The number of aromatic nitrogens is 3. The van der Waals surface area contributed by atoms with Gasteiger partial charge in [-0.3, -0.25) is 0 Å². The normalized spacial score (nSPS) is 12.1. The Kier molecular flexibility index (Phi) is 6.63. The van der Waals surface area contributed by atoms with E-state index in [0.29, 0.717) is 17.5 Å². The van der Waals surface area contributed by atoms with Gasteiger partial charge in [0.15, 0.2) is 17.5 Å². The third-order valence-electron chi connectivity index (χ3n) is 11.7. The molecule has 0 fully saturated rings. The SMILES string of the molecule is c1ccc2cc(-c3nc(-c4cccc5c4oc4ccccc45)nc(-c4ccc(-c5cccc6oc7cc8ccccc8cc7c56)c5oc6ccccc6c45)n3)ccc2c1. The summed E-state index contributed by atoms with van der Waals surface area (Å²) in [5.74, 6) is 1.62. The first-order valence-corrected chi connectivity index (χ1v) is 19.7. The molecule has 6 heteroatoms. The Morgan fingerprint density at radius 2 is 0.881 bits per heavy atom. The Balaban J connectivity index is 1.09. The molecule has 0 N–H and O–H groups in total. The van der Waals surface area contributed by atoms with Crippen molar-refractivity contribution >= 4 is 87.4 Å². The predicted molar refractivity (Wildman–Crippen MR) is 238 cm³/mol. The summed E-state index contributed by atoms with van der Waals surface area (Å²) in [4.78, 5) is 15.7. The molecule has 0 aliphatic rings. The lowest BCUT2D eigenvalue weighted by Crippen LogP contribution is -2.01. The molecule has 9 aromatic carbocycles. The molecule has 0 bridgehead atoms. The van der Waals surface area contributed by atoms with Crippen LogP contribution in [0.25, 0.3) is 133 Å². The maximum atomic E-state index is 6.86. The van der Waals surface area contributed by atoms with E-state index in [9.17, 15) is 0 Å². The number of hydrogen-bond donors (Lipinski definition) is 0. The van der Waals surface area contributed by atoms with Crippen LogP contribution in [0.1, 0.15) is 0 Å². The Labute approximate surface area is 335 Å². The van der Waals surface area contributed by atoms with Crippen LogP contribution in [-0.4, -0.2) is 15.0 Å². The van der Waals surface area contributed by atoms with Gasteiger partial charge in [-0.15, -0.1) is 0 Å². The second kappa shape index (κ2) is 12.2. The molecule has 274 valence electrons. The first-order valence-electron chi connectivity index (χ1n) is 19.7. The summed E-state index contributed by atoms with van der Waals surface area (Å²) in [6.45, 7) is 0. The molecule has 0 radical (unpaired) electrons. The van der Waals surface area contributed by atoms with Crippen molar-refractivity contribution < 1.29 is 13.3 Å². The molecule has 59 heavy (non-hydrogen) atoms. The lowest BCUT2D eigenvalue weighted by molar-refractivity contribution is 0.668. The quantitative estimate of drug-likeness (QED) is 0.178. The molecule has 0 aliphatic heterocycles. The largest absolute Gasteiger partial charge is 0.456 e. The van der Waals surface area contributed by atoms with Crippen molar-refractivity contribution in [2.45, 2.75) is 0 Å². The van der Waals surface area contributed by atoms with E-state index in [4.69, 9.17) is 28.2 Å². The number of para-hydroxylation sites is 3. The lowest BCUT2D eigenvalue weighted by Gasteiger charge is -2.12. The van der Waals surface area contributed by atoms with E-state index in [0.717, 1.165) is 115 Å². The van der Waals surface area contributed by atoms with Gasteiger partial charge in [-0.05, 0) is 81.7 Å². The van der Waals surface area contributed by atoms with Gasteiger partial charge in [-0.25, -0.2) is 15.0 Å². The molecule has 6 nitrogen and oxygen atoms in total. The summed E-state index contributed by atoms with van der Waals surface area (Å²) in [6.07, 6.45) is 0. The third kappa shape index (κ3) is 4.84. The average Bonchev–Trinajstić information content (AvgIpc) is 3.99. The molecular formula is C53H29N3O3. The van der Waals surface area contributed by atoms with E-state index >= 15 is 0 Å². The topological polar surface area (TPSA) is 78.1 Å². The summed E-state index contributed by atoms with van der Waals surface area (Å²) < 4.78 is 19.9. The minimum atomic E-state index is 0.523. The van der Waals surface area contributed by atoms with Crippen molar-refractivity contribution in [1.82, 2.24) is 15.0 Å². The number of fused-ring (bicyclic) bond motifs is 11. The van der Waals surface area contributed by atoms with Crippen molar-refractivity contribution in [2.24, 2.45) is 0 Å². The molecule has 0 unspecified atom stereocenters. The Morgan fingerprint density at radius 1 is 0.288 bits per heavy atom.